The van der Waals surface area contributed by atoms with E-state index in [0.717, 1.165) is 25.2 Å². The van der Waals surface area contributed by atoms with Crippen molar-refractivity contribution in [2.24, 2.45) is 5.92 Å². The van der Waals surface area contributed by atoms with Crippen LogP contribution < -0.4 is 10.1 Å². The van der Waals surface area contributed by atoms with E-state index in [1.807, 2.05) is 6.07 Å². The number of aromatic nitrogens is 2. The zero-order valence-electron chi connectivity index (χ0n) is 10.0. The first-order chi connectivity index (χ1) is 8.28. The molecule has 5 heteroatoms. The highest BCUT2D eigenvalue weighted by atomic mass is 35.5. The standard InChI is InChI=1S/C12H18ClN3O/c1-17-12-6-11(15-8-16-12)14-7-9-2-4-10(13)5-3-9/h6,8-10H,2-5,7H2,1H3,(H,14,15,16). The molecule has 0 radical (unpaired) electrons. The summed E-state index contributed by atoms with van der Waals surface area (Å²) in [4.78, 5) is 8.13. The summed E-state index contributed by atoms with van der Waals surface area (Å²) in [7, 11) is 1.61. The van der Waals surface area contributed by atoms with Gasteiger partial charge >= 0.3 is 0 Å². The predicted molar refractivity (Wildman–Crippen MR) is 68.7 cm³/mol. The first-order valence-electron chi connectivity index (χ1n) is 6.02. The van der Waals surface area contributed by atoms with E-state index in [-0.39, 0.29) is 0 Å². The van der Waals surface area contributed by atoms with Crippen molar-refractivity contribution in [3.05, 3.63) is 12.4 Å². The molecule has 1 aliphatic rings. The quantitative estimate of drug-likeness (QED) is 0.841. The van der Waals surface area contributed by atoms with E-state index in [0.29, 0.717) is 17.2 Å². The Labute approximate surface area is 107 Å². The van der Waals surface area contributed by atoms with Crippen LogP contribution in [0.25, 0.3) is 0 Å². The molecular weight excluding hydrogens is 238 g/mol. The number of nitrogens with one attached hydrogen (secondary N) is 1. The molecule has 1 N–H and O–H groups in total. The number of ether oxygens (including phenoxy) is 1. The zero-order valence-corrected chi connectivity index (χ0v) is 10.8. The van der Waals surface area contributed by atoms with Gasteiger partial charge in [-0.3, -0.25) is 0 Å². The molecule has 1 fully saturated rings. The molecule has 1 aromatic rings. The third-order valence-electron chi connectivity index (χ3n) is 3.20. The van der Waals surface area contributed by atoms with Gasteiger partial charge in [0.25, 0.3) is 0 Å². The molecular formula is C12H18ClN3O. The maximum absolute atomic E-state index is 6.08. The maximum atomic E-state index is 6.08. The Morgan fingerprint density at radius 2 is 2.12 bits per heavy atom. The van der Waals surface area contributed by atoms with Crippen molar-refractivity contribution in [1.82, 2.24) is 9.97 Å². The highest BCUT2D eigenvalue weighted by molar-refractivity contribution is 6.20. The van der Waals surface area contributed by atoms with Crippen molar-refractivity contribution in [1.29, 1.82) is 0 Å². The molecule has 0 aliphatic heterocycles. The lowest BCUT2D eigenvalue weighted by Gasteiger charge is -2.25. The number of anilines is 1. The summed E-state index contributed by atoms with van der Waals surface area (Å²) < 4.78 is 5.05. The summed E-state index contributed by atoms with van der Waals surface area (Å²) in [6.45, 7) is 0.948. The molecule has 0 atom stereocenters. The van der Waals surface area contributed by atoms with Crippen molar-refractivity contribution in [2.75, 3.05) is 19.0 Å². The van der Waals surface area contributed by atoms with Gasteiger partial charge in [0.2, 0.25) is 5.88 Å². The van der Waals surface area contributed by atoms with E-state index in [1.54, 1.807) is 7.11 Å². The van der Waals surface area contributed by atoms with Crippen molar-refractivity contribution >= 4 is 17.4 Å². The zero-order chi connectivity index (χ0) is 12.1. The molecule has 94 valence electrons. The van der Waals surface area contributed by atoms with Gasteiger partial charge in [-0.1, -0.05) is 0 Å². The van der Waals surface area contributed by atoms with Gasteiger partial charge in [-0.05, 0) is 31.6 Å². The highest BCUT2D eigenvalue weighted by Gasteiger charge is 2.19. The predicted octanol–water partition coefficient (Wildman–Crippen LogP) is 2.69. The van der Waals surface area contributed by atoms with Crippen LogP contribution in [0.3, 0.4) is 0 Å². The van der Waals surface area contributed by atoms with Gasteiger partial charge in [-0.2, -0.15) is 0 Å². The topological polar surface area (TPSA) is 47.0 Å². The molecule has 0 amide bonds. The Bertz CT molecular complexity index is 353. The molecule has 17 heavy (non-hydrogen) atoms. The lowest BCUT2D eigenvalue weighted by atomic mass is 9.89. The second-order valence-electron chi connectivity index (χ2n) is 4.44. The van der Waals surface area contributed by atoms with Crippen LogP contribution in [0.2, 0.25) is 0 Å². The van der Waals surface area contributed by atoms with Gasteiger partial charge in [0.1, 0.15) is 12.1 Å². The molecule has 0 aromatic carbocycles. The fourth-order valence-corrected chi connectivity index (χ4v) is 2.37. The Morgan fingerprint density at radius 3 is 2.82 bits per heavy atom. The summed E-state index contributed by atoms with van der Waals surface area (Å²) >= 11 is 6.08. The Kier molecular flexibility index (Phi) is 4.42. The molecule has 4 nitrogen and oxygen atoms in total. The average molecular weight is 256 g/mol. The van der Waals surface area contributed by atoms with E-state index < -0.39 is 0 Å². The summed E-state index contributed by atoms with van der Waals surface area (Å²) in [6, 6.07) is 1.81. The lowest BCUT2D eigenvalue weighted by Crippen LogP contribution is -2.21. The van der Waals surface area contributed by atoms with Gasteiger partial charge in [0, 0.05) is 18.0 Å². The van der Waals surface area contributed by atoms with E-state index in [9.17, 15) is 0 Å². The molecule has 2 rings (SSSR count). The molecule has 1 aromatic heterocycles. The van der Waals surface area contributed by atoms with Gasteiger partial charge in [0.05, 0.1) is 7.11 Å². The third-order valence-corrected chi connectivity index (χ3v) is 3.64. The van der Waals surface area contributed by atoms with Gasteiger partial charge in [-0.15, -0.1) is 11.6 Å². The summed E-state index contributed by atoms with van der Waals surface area (Å²) in [5, 5.41) is 3.71. The first kappa shape index (κ1) is 12.4. The van der Waals surface area contributed by atoms with Crippen LogP contribution in [0.1, 0.15) is 25.7 Å². The maximum Gasteiger partial charge on any atom is 0.218 e. The Hall–Kier alpha value is -1.03. The Balaban J connectivity index is 1.81. The molecule has 1 saturated carbocycles. The molecule has 1 heterocycles. The van der Waals surface area contributed by atoms with E-state index in [4.69, 9.17) is 16.3 Å². The van der Waals surface area contributed by atoms with Crippen LogP contribution in [-0.4, -0.2) is 29.0 Å². The van der Waals surface area contributed by atoms with Crippen LogP contribution >= 0.6 is 11.6 Å². The second-order valence-corrected chi connectivity index (χ2v) is 5.06. The summed E-state index contributed by atoms with van der Waals surface area (Å²) in [5.74, 6) is 2.11. The molecule has 0 spiro atoms. The van der Waals surface area contributed by atoms with Crippen LogP contribution in [-0.2, 0) is 0 Å². The molecule has 0 saturated heterocycles. The molecule has 1 aliphatic carbocycles. The number of halogens is 1. The van der Waals surface area contributed by atoms with Crippen molar-refractivity contribution in [2.45, 2.75) is 31.1 Å². The van der Waals surface area contributed by atoms with Crippen LogP contribution in [0, 0.1) is 5.92 Å². The lowest BCUT2D eigenvalue weighted by molar-refractivity contribution is 0.377. The van der Waals surface area contributed by atoms with Crippen LogP contribution in [0.15, 0.2) is 12.4 Å². The first-order valence-corrected chi connectivity index (χ1v) is 6.45. The van der Waals surface area contributed by atoms with Crippen LogP contribution in [0.5, 0.6) is 5.88 Å². The summed E-state index contributed by atoms with van der Waals surface area (Å²) in [5.41, 5.74) is 0. The third kappa shape index (κ3) is 3.73. The minimum atomic E-state index is 0.380. The largest absolute Gasteiger partial charge is 0.481 e. The van der Waals surface area contributed by atoms with E-state index >= 15 is 0 Å². The minimum absolute atomic E-state index is 0.380. The van der Waals surface area contributed by atoms with E-state index in [2.05, 4.69) is 15.3 Å². The normalized spacial score (nSPS) is 24.4. The fraction of sp³-hybridized carbons (Fsp3) is 0.667. The fourth-order valence-electron chi connectivity index (χ4n) is 2.12. The smallest absolute Gasteiger partial charge is 0.218 e. The van der Waals surface area contributed by atoms with Crippen molar-refractivity contribution < 1.29 is 4.74 Å². The van der Waals surface area contributed by atoms with Crippen LogP contribution in [0.4, 0.5) is 5.82 Å². The number of alkyl halides is 1. The summed E-state index contributed by atoms with van der Waals surface area (Å²) in [6.07, 6.45) is 6.16. The number of hydrogen-bond acceptors (Lipinski definition) is 4. The highest BCUT2D eigenvalue weighted by Crippen LogP contribution is 2.27. The van der Waals surface area contributed by atoms with Gasteiger partial charge in [-0.25, -0.2) is 9.97 Å². The SMILES string of the molecule is COc1cc(NCC2CCC(Cl)CC2)ncn1. The van der Waals surface area contributed by atoms with Crippen molar-refractivity contribution in [3.63, 3.8) is 0 Å². The van der Waals surface area contributed by atoms with Gasteiger partial charge in [0.15, 0.2) is 0 Å². The number of hydrogen-bond donors (Lipinski definition) is 1. The second kappa shape index (κ2) is 6.05. The molecule has 0 unspecified atom stereocenters. The van der Waals surface area contributed by atoms with Crippen molar-refractivity contribution in [3.8, 4) is 5.88 Å². The monoisotopic (exact) mass is 255 g/mol. The average Bonchev–Trinajstić information content (AvgIpc) is 2.38. The molecule has 0 bridgehead atoms. The number of rotatable bonds is 4. The number of nitrogens with zero attached hydrogens (tertiary/aromatic N) is 2. The van der Waals surface area contributed by atoms with Gasteiger partial charge < -0.3 is 10.1 Å². The number of methoxy groups -OCH3 is 1. The van der Waals surface area contributed by atoms with E-state index in [1.165, 1.54) is 19.2 Å². The minimum Gasteiger partial charge on any atom is -0.481 e. The Morgan fingerprint density at radius 1 is 1.35 bits per heavy atom.